The number of urea groups is 1. The van der Waals surface area contributed by atoms with Crippen LogP contribution >= 0.6 is 23.1 Å². The van der Waals surface area contributed by atoms with Crippen LogP contribution in [0, 0.1) is 0 Å². The Morgan fingerprint density at radius 2 is 1.95 bits per heavy atom. The van der Waals surface area contributed by atoms with E-state index in [2.05, 4.69) is 26.1 Å². The third-order valence-electron chi connectivity index (χ3n) is 2.80. The SMILES string of the molecule is O=C(CSc1nnc(NC2CC2)s1)NC(=O)NC1CC1. The summed E-state index contributed by atoms with van der Waals surface area (Å²) in [5, 5.41) is 17.0. The molecule has 2 fully saturated rings. The fraction of sp³-hybridized carbons (Fsp3) is 0.636. The number of thioether (sulfide) groups is 1. The predicted octanol–water partition coefficient (Wildman–Crippen LogP) is 1.19. The monoisotopic (exact) mass is 313 g/mol. The lowest BCUT2D eigenvalue weighted by atomic mass is 10.6. The van der Waals surface area contributed by atoms with Gasteiger partial charge in [-0.25, -0.2) is 4.79 Å². The van der Waals surface area contributed by atoms with Crippen molar-refractivity contribution in [3.05, 3.63) is 0 Å². The van der Waals surface area contributed by atoms with Gasteiger partial charge in [0.2, 0.25) is 11.0 Å². The Morgan fingerprint density at radius 3 is 2.65 bits per heavy atom. The molecule has 3 rings (SSSR count). The molecule has 0 saturated heterocycles. The van der Waals surface area contributed by atoms with Gasteiger partial charge in [-0.2, -0.15) is 0 Å². The van der Waals surface area contributed by atoms with E-state index in [9.17, 15) is 9.59 Å². The molecule has 2 aliphatic carbocycles. The molecule has 9 heteroatoms. The van der Waals surface area contributed by atoms with Gasteiger partial charge < -0.3 is 10.6 Å². The van der Waals surface area contributed by atoms with E-state index in [4.69, 9.17) is 0 Å². The fourth-order valence-corrected chi connectivity index (χ4v) is 3.10. The first-order chi connectivity index (χ1) is 9.69. The largest absolute Gasteiger partial charge is 0.357 e. The predicted molar refractivity (Wildman–Crippen MR) is 77.0 cm³/mol. The van der Waals surface area contributed by atoms with Gasteiger partial charge in [0.05, 0.1) is 5.75 Å². The molecule has 2 aliphatic rings. The van der Waals surface area contributed by atoms with Crippen LogP contribution in [0.3, 0.4) is 0 Å². The number of nitrogens with one attached hydrogen (secondary N) is 3. The van der Waals surface area contributed by atoms with Crippen molar-refractivity contribution in [3.8, 4) is 0 Å². The number of aromatic nitrogens is 2. The summed E-state index contributed by atoms with van der Waals surface area (Å²) in [7, 11) is 0. The molecule has 0 bridgehead atoms. The molecule has 0 aromatic carbocycles. The zero-order chi connectivity index (χ0) is 13.9. The summed E-state index contributed by atoms with van der Waals surface area (Å²) >= 11 is 2.72. The zero-order valence-corrected chi connectivity index (χ0v) is 12.4. The van der Waals surface area contributed by atoms with E-state index in [0.29, 0.717) is 6.04 Å². The zero-order valence-electron chi connectivity index (χ0n) is 10.7. The highest BCUT2D eigenvalue weighted by Gasteiger charge is 2.24. The number of rotatable bonds is 6. The minimum Gasteiger partial charge on any atom is -0.357 e. The average Bonchev–Trinajstić information content (AvgIpc) is 3.30. The van der Waals surface area contributed by atoms with Crippen molar-refractivity contribution in [2.45, 2.75) is 42.1 Å². The lowest BCUT2D eigenvalue weighted by Gasteiger charge is -2.03. The van der Waals surface area contributed by atoms with E-state index in [-0.39, 0.29) is 17.7 Å². The standard InChI is InChI=1S/C11H15N5O2S2/c17-8(14-9(18)12-6-1-2-6)5-19-11-16-15-10(20-11)13-7-3-4-7/h6-7H,1-5H2,(H,13,15)(H2,12,14,17,18). The van der Waals surface area contributed by atoms with E-state index in [1.807, 2.05) is 0 Å². The van der Waals surface area contributed by atoms with Crippen LogP contribution in [-0.2, 0) is 4.79 Å². The summed E-state index contributed by atoms with van der Waals surface area (Å²) in [5.41, 5.74) is 0. The molecule has 0 unspecified atom stereocenters. The second-order valence-electron chi connectivity index (χ2n) is 4.88. The molecule has 0 spiro atoms. The molecule has 3 N–H and O–H groups in total. The van der Waals surface area contributed by atoms with Crippen LogP contribution in [0.15, 0.2) is 4.34 Å². The first-order valence-electron chi connectivity index (χ1n) is 6.52. The third kappa shape index (κ3) is 4.34. The molecule has 0 atom stereocenters. The highest BCUT2D eigenvalue weighted by molar-refractivity contribution is 8.01. The van der Waals surface area contributed by atoms with E-state index < -0.39 is 6.03 Å². The molecule has 0 aliphatic heterocycles. The van der Waals surface area contributed by atoms with E-state index in [1.165, 1.54) is 35.9 Å². The topological polar surface area (TPSA) is 96.0 Å². The van der Waals surface area contributed by atoms with E-state index >= 15 is 0 Å². The van der Waals surface area contributed by atoms with Crippen molar-refractivity contribution >= 4 is 40.2 Å². The maximum atomic E-state index is 11.6. The molecule has 1 aromatic heterocycles. The van der Waals surface area contributed by atoms with E-state index in [0.717, 1.165) is 22.3 Å². The molecule has 2 saturated carbocycles. The molecule has 3 amide bonds. The van der Waals surface area contributed by atoms with Crippen LogP contribution in [0.25, 0.3) is 0 Å². The third-order valence-corrected chi connectivity index (χ3v) is 4.79. The summed E-state index contributed by atoms with van der Waals surface area (Å²) in [6.45, 7) is 0. The Bertz CT molecular complexity index is 513. The number of hydrogen-bond donors (Lipinski definition) is 3. The number of hydrogen-bond acceptors (Lipinski definition) is 7. The summed E-state index contributed by atoms with van der Waals surface area (Å²) in [6, 6.07) is 0.372. The van der Waals surface area contributed by atoms with Gasteiger partial charge in [0.15, 0.2) is 4.34 Å². The minimum absolute atomic E-state index is 0.163. The van der Waals surface area contributed by atoms with E-state index in [1.54, 1.807) is 0 Å². The van der Waals surface area contributed by atoms with Crippen molar-refractivity contribution in [1.29, 1.82) is 0 Å². The van der Waals surface area contributed by atoms with Crippen LogP contribution in [0.1, 0.15) is 25.7 Å². The summed E-state index contributed by atoms with van der Waals surface area (Å²) < 4.78 is 0.728. The number of amides is 3. The van der Waals surface area contributed by atoms with Gasteiger partial charge in [-0.15, -0.1) is 10.2 Å². The summed E-state index contributed by atoms with van der Waals surface area (Å²) in [5.74, 6) is -0.157. The Kier molecular flexibility index (Phi) is 4.06. The highest BCUT2D eigenvalue weighted by Crippen LogP contribution is 2.30. The second kappa shape index (κ2) is 5.96. The molecule has 7 nitrogen and oxygen atoms in total. The Hall–Kier alpha value is -1.35. The smallest absolute Gasteiger partial charge is 0.321 e. The van der Waals surface area contributed by atoms with Gasteiger partial charge in [0, 0.05) is 12.1 Å². The second-order valence-corrected chi connectivity index (χ2v) is 7.08. The fourth-order valence-electron chi connectivity index (χ4n) is 1.47. The van der Waals surface area contributed by atoms with Gasteiger partial charge in [-0.1, -0.05) is 23.1 Å². The number of imide groups is 1. The molecule has 0 radical (unpaired) electrons. The Morgan fingerprint density at radius 1 is 1.20 bits per heavy atom. The van der Waals surface area contributed by atoms with Crippen LogP contribution in [0.2, 0.25) is 0 Å². The number of carbonyl (C=O) groups excluding carboxylic acids is 2. The van der Waals surface area contributed by atoms with Crippen molar-refractivity contribution < 1.29 is 9.59 Å². The highest BCUT2D eigenvalue weighted by atomic mass is 32.2. The van der Waals surface area contributed by atoms with Gasteiger partial charge >= 0.3 is 6.03 Å². The summed E-state index contributed by atoms with van der Waals surface area (Å²) in [6.07, 6.45) is 4.36. The summed E-state index contributed by atoms with van der Waals surface area (Å²) in [4.78, 5) is 22.9. The van der Waals surface area contributed by atoms with Crippen LogP contribution in [0.5, 0.6) is 0 Å². The lowest BCUT2D eigenvalue weighted by molar-refractivity contribution is -0.117. The quantitative estimate of drug-likeness (QED) is 0.683. The van der Waals surface area contributed by atoms with Crippen molar-refractivity contribution in [2.24, 2.45) is 0 Å². The molecule has 108 valence electrons. The Labute approximate surface area is 124 Å². The van der Waals surface area contributed by atoms with Crippen LogP contribution in [-0.4, -0.2) is 40.0 Å². The normalized spacial score (nSPS) is 17.6. The molecule has 1 heterocycles. The van der Waals surface area contributed by atoms with Crippen LogP contribution in [0.4, 0.5) is 9.93 Å². The lowest BCUT2D eigenvalue weighted by Crippen LogP contribution is -2.41. The number of anilines is 1. The van der Waals surface area contributed by atoms with Crippen molar-refractivity contribution in [1.82, 2.24) is 20.8 Å². The van der Waals surface area contributed by atoms with Crippen LogP contribution < -0.4 is 16.0 Å². The molecular weight excluding hydrogens is 298 g/mol. The van der Waals surface area contributed by atoms with Gasteiger partial charge in [-0.05, 0) is 25.7 Å². The number of nitrogens with zero attached hydrogens (tertiary/aromatic N) is 2. The van der Waals surface area contributed by atoms with Gasteiger partial charge in [0.1, 0.15) is 0 Å². The van der Waals surface area contributed by atoms with Crippen molar-refractivity contribution in [2.75, 3.05) is 11.1 Å². The maximum Gasteiger partial charge on any atom is 0.321 e. The molecular formula is C11H15N5O2S2. The maximum absolute atomic E-state index is 11.6. The number of carbonyl (C=O) groups is 2. The molecule has 1 aromatic rings. The first kappa shape index (κ1) is 13.6. The van der Waals surface area contributed by atoms with Crippen molar-refractivity contribution in [3.63, 3.8) is 0 Å². The molecule has 20 heavy (non-hydrogen) atoms. The average molecular weight is 313 g/mol. The first-order valence-corrected chi connectivity index (χ1v) is 8.32. The van der Waals surface area contributed by atoms with Gasteiger partial charge in [0.25, 0.3) is 0 Å². The Balaban J connectivity index is 1.37. The minimum atomic E-state index is -0.411. The van der Waals surface area contributed by atoms with Gasteiger partial charge in [-0.3, -0.25) is 10.1 Å².